The van der Waals surface area contributed by atoms with Crippen molar-refractivity contribution in [2.24, 2.45) is 5.92 Å². The van der Waals surface area contributed by atoms with Gasteiger partial charge in [0.1, 0.15) is 0 Å². The first-order valence-electron chi connectivity index (χ1n) is 7.19. The highest BCUT2D eigenvalue weighted by molar-refractivity contribution is 5.69. The molecule has 1 atom stereocenters. The number of rotatable bonds is 4. The molecule has 0 saturated heterocycles. The highest BCUT2D eigenvalue weighted by Gasteiger charge is 2.20. The third kappa shape index (κ3) is 3.30. The summed E-state index contributed by atoms with van der Waals surface area (Å²) in [6.07, 6.45) is 11.9. The van der Waals surface area contributed by atoms with Gasteiger partial charge in [0, 0.05) is 18.7 Å². The number of hydrogen-bond donors (Lipinski definition) is 1. The van der Waals surface area contributed by atoms with Gasteiger partial charge in [-0.15, -0.1) is 0 Å². The fraction of sp³-hybridized carbons (Fsp3) is 0.263. The van der Waals surface area contributed by atoms with Crippen molar-refractivity contribution in [3.8, 4) is 0 Å². The minimum atomic E-state index is 0.441. The van der Waals surface area contributed by atoms with E-state index in [0.29, 0.717) is 5.92 Å². The van der Waals surface area contributed by atoms with E-state index in [1.165, 1.54) is 22.4 Å². The molecule has 0 fully saturated rings. The van der Waals surface area contributed by atoms with E-state index >= 15 is 0 Å². The van der Waals surface area contributed by atoms with Crippen LogP contribution in [0.4, 0.5) is 0 Å². The van der Waals surface area contributed by atoms with E-state index in [9.17, 15) is 0 Å². The first-order valence-corrected chi connectivity index (χ1v) is 7.19. The summed E-state index contributed by atoms with van der Waals surface area (Å²) in [4.78, 5) is 0. The highest BCUT2D eigenvalue weighted by Crippen LogP contribution is 2.34. The van der Waals surface area contributed by atoms with Crippen molar-refractivity contribution in [3.05, 3.63) is 77.5 Å². The van der Waals surface area contributed by atoms with Crippen LogP contribution in [0.2, 0.25) is 0 Å². The molecule has 0 spiro atoms. The molecule has 1 heteroatoms. The van der Waals surface area contributed by atoms with E-state index in [0.717, 1.165) is 6.42 Å². The molecule has 1 unspecified atom stereocenters. The lowest BCUT2D eigenvalue weighted by molar-refractivity contribution is 0.672. The summed E-state index contributed by atoms with van der Waals surface area (Å²) in [6, 6.07) is 10.6. The van der Waals surface area contributed by atoms with Gasteiger partial charge in [0.05, 0.1) is 0 Å². The summed E-state index contributed by atoms with van der Waals surface area (Å²) in [5, 5.41) is 3.35. The highest BCUT2D eigenvalue weighted by atomic mass is 14.8. The molecule has 2 rings (SSSR count). The van der Waals surface area contributed by atoms with Gasteiger partial charge in [-0.05, 0) is 37.5 Å². The Morgan fingerprint density at radius 3 is 2.60 bits per heavy atom. The molecule has 104 valence electrons. The number of benzene rings is 1. The van der Waals surface area contributed by atoms with Crippen LogP contribution in [0.25, 0.3) is 5.57 Å². The largest absolute Gasteiger partial charge is 0.391 e. The zero-order chi connectivity index (χ0) is 14.4. The maximum atomic E-state index is 3.35. The van der Waals surface area contributed by atoms with Crippen LogP contribution in [0.3, 0.4) is 0 Å². The lowest BCUT2D eigenvalue weighted by Crippen LogP contribution is -2.19. The Kier molecular flexibility index (Phi) is 5.00. The molecule has 1 aromatic rings. The van der Waals surface area contributed by atoms with Gasteiger partial charge in [-0.25, -0.2) is 0 Å². The van der Waals surface area contributed by atoms with Crippen LogP contribution in [-0.2, 0) is 0 Å². The van der Waals surface area contributed by atoms with Gasteiger partial charge in [-0.2, -0.15) is 0 Å². The Morgan fingerprint density at radius 2 is 1.95 bits per heavy atom. The van der Waals surface area contributed by atoms with Gasteiger partial charge < -0.3 is 5.32 Å². The second-order valence-electron chi connectivity index (χ2n) is 5.12. The van der Waals surface area contributed by atoms with Crippen LogP contribution < -0.4 is 5.32 Å². The molecule has 20 heavy (non-hydrogen) atoms. The Balaban J connectivity index is 2.27. The Hall–Kier alpha value is -2.02. The molecule has 0 aliphatic heterocycles. The van der Waals surface area contributed by atoms with E-state index in [2.05, 4.69) is 73.0 Å². The molecule has 0 aromatic heterocycles. The van der Waals surface area contributed by atoms with Crippen LogP contribution >= 0.6 is 0 Å². The zero-order valence-electron chi connectivity index (χ0n) is 12.6. The van der Waals surface area contributed by atoms with E-state index < -0.39 is 0 Å². The second-order valence-corrected chi connectivity index (χ2v) is 5.12. The van der Waals surface area contributed by atoms with Gasteiger partial charge in [-0.1, -0.05) is 60.2 Å². The summed E-state index contributed by atoms with van der Waals surface area (Å²) < 4.78 is 0. The third-order valence-corrected chi connectivity index (χ3v) is 3.80. The molecule has 1 aliphatic carbocycles. The van der Waals surface area contributed by atoms with Gasteiger partial charge in [0.2, 0.25) is 0 Å². The van der Waals surface area contributed by atoms with E-state index in [1.54, 1.807) is 0 Å². The quantitative estimate of drug-likeness (QED) is 0.777. The van der Waals surface area contributed by atoms with Crippen molar-refractivity contribution in [2.45, 2.75) is 20.3 Å². The number of hydrogen-bond acceptors (Lipinski definition) is 1. The molecular formula is C19H23N. The standard InChI is InChI=1S/C19H23N/c1-4-5-11-19(20-3)18-14-17(13-12-15(18)2)16-9-7-6-8-10-16/h4-13,18,20H,14H2,1-3H3/b5-4-,19-11-. The molecule has 0 bridgehead atoms. The summed E-state index contributed by atoms with van der Waals surface area (Å²) in [5.41, 5.74) is 5.42. The third-order valence-electron chi connectivity index (χ3n) is 3.80. The number of nitrogens with one attached hydrogen (secondary N) is 1. The van der Waals surface area contributed by atoms with Crippen LogP contribution in [0, 0.1) is 5.92 Å². The van der Waals surface area contributed by atoms with Gasteiger partial charge >= 0.3 is 0 Å². The topological polar surface area (TPSA) is 12.0 Å². The summed E-state index contributed by atoms with van der Waals surface area (Å²) >= 11 is 0. The summed E-state index contributed by atoms with van der Waals surface area (Å²) in [6.45, 7) is 4.26. The molecule has 0 saturated carbocycles. The lowest BCUT2D eigenvalue weighted by Gasteiger charge is -2.25. The first-order chi connectivity index (χ1) is 9.76. The smallest absolute Gasteiger partial charge is 0.0237 e. The molecule has 1 aromatic carbocycles. The summed E-state index contributed by atoms with van der Waals surface area (Å²) in [5.74, 6) is 0.441. The van der Waals surface area contributed by atoms with Crippen molar-refractivity contribution in [1.29, 1.82) is 0 Å². The SMILES string of the molecule is C/C=C\C=C(/NC)C1CC(c2ccccc2)=CC=C1C. The van der Waals surface area contributed by atoms with Crippen LogP contribution in [0.1, 0.15) is 25.8 Å². The van der Waals surface area contributed by atoms with Crippen molar-refractivity contribution in [3.63, 3.8) is 0 Å². The molecule has 0 heterocycles. The van der Waals surface area contributed by atoms with E-state index in [-0.39, 0.29) is 0 Å². The molecule has 0 radical (unpaired) electrons. The molecule has 1 nitrogen and oxygen atoms in total. The fourth-order valence-electron chi connectivity index (χ4n) is 2.59. The predicted octanol–water partition coefficient (Wildman–Crippen LogP) is 4.72. The fourth-order valence-corrected chi connectivity index (χ4v) is 2.59. The minimum absolute atomic E-state index is 0.441. The van der Waals surface area contributed by atoms with Crippen LogP contribution in [0.15, 0.2) is 72.0 Å². The van der Waals surface area contributed by atoms with Crippen molar-refractivity contribution in [1.82, 2.24) is 5.32 Å². The molecule has 1 aliphatic rings. The maximum absolute atomic E-state index is 3.35. The van der Waals surface area contributed by atoms with Crippen molar-refractivity contribution < 1.29 is 0 Å². The van der Waals surface area contributed by atoms with Gasteiger partial charge in [-0.3, -0.25) is 0 Å². The molecule has 1 N–H and O–H groups in total. The lowest BCUT2D eigenvalue weighted by atomic mass is 9.83. The van der Waals surface area contributed by atoms with Crippen LogP contribution in [0.5, 0.6) is 0 Å². The minimum Gasteiger partial charge on any atom is -0.391 e. The average molecular weight is 265 g/mol. The van der Waals surface area contributed by atoms with Gasteiger partial charge in [0.15, 0.2) is 0 Å². The maximum Gasteiger partial charge on any atom is 0.0237 e. The molecule has 0 amide bonds. The normalized spacial score (nSPS) is 19.8. The Bertz CT molecular complexity index is 559. The summed E-state index contributed by atoms with van der Waals surface area (Å²) in [7, 11) is 2.00. The van der Waals surface area contributed by atoms with Gasteiger partial charge in [0.25, 0.3) is 0 Å². The molecular weight excluding hydrogens is 242 g/mol. The number of allylic oxidation sites excluding steroid dienone is 7. The van der Waals surface area contributed by atoms with Crippen LogP contribution in [-0.4, -0.2) is 7.05 Å². The van der Waals surface area contributed by atoms with E-state index in [1.807, 2.05) is 14.0 Å². The monoisotopic (exact) mass is 265 g/mol. The first kappa shape index (κ1) is 14.4. The van der Waals surface area contributed by atoms with Crippen molar-refractivity contribution in [2.75, 3.05) is 7.05 Å². The average Bonchev–Trinajstić information content (AvgIpc) is 2.50. The second kappa shape index (κ2) is 6.95. The zero-order valence-corrected chi connectivity index (χ0v) is 12.6. The Labute approximate surface area is 122 Å². The van der Waals surface area contributed by atoms with Crippen molar-refractivity contribution >= 4 is 5.57 Å². The Morgan fingerprint density at radius 1 is 1.20 bits per heavy atom. The van der Waals surface area contributed by atoms with E-state index in [4.69, 9.17) is 0 Å². The predicted molar refractivity (Wildman–Crippen MR) is 88.2 cm³/mol.